The first kappa shape index (κ1) is 11.7. The molecule has 0 rings (SSSR count). The molecule has 0 aromatic heterocycles. The Bertz CT molecular complexity index is 142. The predicted molar refractivity (Wildman–Crippen MR) is 56.1 cm³/mol. The van der Waals surface area contributed by atoms with E-state index in [2.05, 4.69) is 34.3 Å². The zero-order valence-corrected chi connectivity index (χ0v) is 8.98. The van der Waals surface area contributed by atoms with Crippen LogP contribution in [-0.4, -0.2) is 5.54 Å². The fourth-order valence-corrected chi connectivity index (χ4v) is 1.08. The molecule has 0 radical (unpaired) electrons. The summed E-state index contributed by atoms with van der Waals surface area (Å²) in [5.74, 6) is 0.594. The van der Waals surface area contributed by atoms with Crippen molar-refractivity contribution in [3.8, 4) is 0 Å². The molecule has 1 heteroatoms. The molecule has 0 heterocycles. The summed E-state index contributed by atoms with van der Waals surface area (Å²) in [4.78, 5) is 0. The molecule has 0 spiro atoms. The molecule has 0 aliphatic heterocycles. The number of rotatable bonds is 5. The number of hydrogen-bond acceptors (Lipinski definition) is 1. The maximum absolute atomic E-state index is 5.97. The van der Waals surface area contributed by atoms with Crippen LogP contribution >= 0.6 is 0 Å². The minimum absolute atomic E-state index is 0.0327. The van der Waals surface area contributed by atoms with E-state index in [9.17, 15) is 0 Å². The van der Waals surface area contributed by atoms with Gasteiger partial charge in [-0.2, -0.15) is 0 Å². The summed E-state index contributed by atoms with van der Waals surface area (Å²) in [6.45, 7) is 12.4. The lowest BCUT2D eigenvalue weighted by Crippen LogP contribution is -2.39. The standard InChI is InChI=1S/C11H23N/c1-9(2)7-6-8-10(3)11(4,5)12/h10H,1,6-8,12H2,2-5H3. The van der Waals surface area contributed by atoms with Crippen LogP contribution < -0.4 is 5.73 Å². The second kappa shape index (κ2) is 4.66. The third kappa shape index (κ3) is 5.36. The molecular formula is C11H23N. The van der Waals surface area contributed by atoms with Crippen molar-refractivity contribution in [1.29, 1.82) is 0 Å². The van der Waals surface area contributed by atoms with Crippen molar-refractivity contribution < 1.29 is 0 Å². The van der Waals surface area contributed by atoms with E-state index in [-0.39, 0.29) is 5.54 Å². The monoisotopic (exact) mass is 169 g/mol. The van der Waals surface area contributed by atoms with Gasteiger partial charge in [0.1, 0.15) is 0 Å². The van der Waals surface area contributed by atoms with Crippen molar-refractivity contribution in [3.63, 3.8) is 0 Å². The minimum atomic E-state index is -0.0327. The molecular weight excluding hydrogens is 146 g/mol. The lowest BCUT2D eigenvalue weighted by Gasteiger charge is -2.27. The van der Waals surface area contributed by atoms with E-state index in [0.717, 1.165) is 6.42 Å². The van der Waals surface area contributed by atoms with E-state index in [1.165, 1.54) is 18.4 Å². The van der Waals surface area contributed by atoms with E-state index in [1.54, 1.807) is 0 Å². The van der Waals surface area contributed by atoms with Gasteiger partial charge in [0.15, 0.2) is 0 Å². The van der Waals surface area contributed by atoms with Gasteiger partial charge in [-0.15, -0.1) is 6.58 Å². The smallest absolute Gasteiger partial charge is 0.0123 e. The maximum Gasteiger partial charge on any atom is 0.0123 e. The van der Waals surface area contributed by atoms with Crippen molar-refractivity contribution in [2.45, 2.75) is 52.5 Å². The van der Waals surface area contributed by atoms with Crippen molar-refractivity contribution in [2.75, 3.05) is 0 Å². The average molecular weight is 169 g/mol. The van der Waals surface area contributed by atoms with Crippen LogP contribution in [0.1, 0.15) is 47.0 Å². The molecule has 0 aromatic carbocycles. The van der Waals surface area contributed by atoms with Crippen molar-refractivity contribution >= 4 is 0 Å². The van der Waals surface area contributed by atoms with Gasteiger partial charge in [-0.25, -0.2) is 0 Å². The van der Waals surface area contributed by atoms with Gasteiger partial charge in [0, 0.05) is 5.54 Å². The predicted octanol–water partition coefficient (Wildman–Crippen LogP) is 3.11. The van der Waals surface area contributed by atoms with Gasteiger partial charge in [-0.1, -0.05) is 12.5 Å². The van der Waals surface area contributed by atoms with E-state index in [0.29, 0.717) is 5.92 Å². The highest BCUT2D eigenvalue weighted by molar-refractivity contribution is 4.88. The number of hydrogen-bond donors (Lipinski definition) is 1. The summed E-state index contributed by atoms with van der Waals surface area (Å²) in [6, 6.07) is 0. The summed E-state index contributed by atoms with van der Waals surface area (Å²) in [5, 5.41) is 0. The molecule has 12 heavy (non-hydrogen) atoms. The lowest BCUT2D eigenvalue weighted by molar-refractivity contribution is 0.320. The molecule has 0 fully saturated rings. The molecule has 2 N–H and O–H groups in total. The van der Waals surface area contributed by atoms with Gasteiger partial charge < -0.3 is 5.73 Å². The largest absolute Gasteiger partial charge is 0.325 e. The van der Waals surface area contributed by atoms with E-state index < -0.39 is 0 Å². The first-order valence-electron chi connectivity index (χ1n) is 4.77. The van der Waals surface area contributed by atoms with Crippen LogP contribution in [0, 0.1) is 5.92 Å². The lowest BCUT2D eigenvalue weighted by atomic mass is 9.86. The fourth-order valence-electron chi connectivity index (χ4n) is 1.08. The summed E-state index contributed by atoms with van der Waals surface area (Å²) in [7, 11) is 0. The van der Waals surface area contributed by atoms with Crippen LogP contribution in [-0.2, 0) is 0 Å². The van der Waals surface area contributed by atoms with Gasteiger partial charge in [0.05, 0.1) is 0 Å². The third-order valence-electron chi connectivity index (χ3n) is 2.51. The van der Waals surface area contributed by atoms with E-state index in [4.69, 9.17) is 5.73 Å². The van der Waals surface area contributed by atoms with Crippen molar-refractivity contribution in [3.05, 3.63) is 12.2 Å². The van der Waals surface area contributed by atoms with Gasteiger partial charge in [0.25, 0.3) is 0 Å². The normalized spacial score (nSPS) is 14.4. The molecule has 0 saturated heterocycles. The fraction of sp³-hybridized carbons (Fsp3) is 0.818. The van der Waals surface area contributed by atoms with Crippen LogP contribution in [0.25, 0.3) is 0 Å². The highest BCUT2D eigenvalue weighted by Gasteiger charge is 2.19. The molecule has 1 unspecified atom stereocenters. The summed E-state index contributed by atoms with van der Waals surface area (Å²) in [5.41, 5.74) is 7.22. The Morgan fingerprint density at radius 1 is 1.50 bits per heavy atom. The van der Waals surface area contributed by atoms with Gasteiger partial charge >= 0.3 is 0 Å². The summed E-state index contributed by atoms with van der Waals surface area (Å²) < 4.78 is 0. The Hall–Kier alpha value is -0.300. The Morgan fingerprint density at radius 2 is 2.00 bits per heavy atom. The third-order valence-corrected chi connectivity index (χ3v) is 2.51. The van der Waals surface area contributed by atoms with Crippen LogP contribution in [0.2, 0.25) is 0 Å². The molecule has 0 bridgehead atoms. The molecule has 0 amide bonds. The molecule has 0 saturated carbocycles. The molecule has 1 atom stereocenters. The van der Waals surface area contributed by atoms with Crippen molar-refractivity contribution in [1.82, 2.24) is 0 Å². The Morgan fingerprint density at radius 3 is 2.33 bits per heavy atom. The van der Waals surface area contributed by atoms with E-state index in [1.807, 2.05) is 0 Å². The van der Waals surface area contributed by atoms with Crippen LogP contribution in [0.3, 0.4) is 0 Å². The van der Waals surface area contributed by atoms with Gasteiger partial charge in [0.2, 0.25) is 0 Å². The second-order valence-corrected chi connectivity index (χ2v) is 4.57. The molecule has 0 aromatic rings. The Kier molecular flexibility index (Phi) is 4.54. The minimum Gasteiger partial charge on any atom is -0.325 e. The van der Waals surface area contributed by atoms with Crippen molar-refractivity contribution in [2.24, 2.45) is 11.7 Å². The average Bonchev–Trinajstić information content (AvgIpc) is 1.84. The van der Waals surface area contributed by atoms with E-state index >= 15 is 0 Å². The first-order valence-corrected chi connectivity index (χ1v) is 4.77. The van der Waals surface area contributed by atoms with Gasteiger partial charge in [-0.05, 0) is 46.0 Å². The SMILES string of the molecule is C=C(C)CCCC(C)C(C)(C)N. The topological polar surface area (TPSA) is 26.0 Å². The van der Waals surface area contributed by atoms with Crippen LogP contribution in [0.15, 0.2) is 12.2 Å². The van der Waals surface area contributed by atoms with Crippen LogP contribution in [0.5, 0.6) is 0 Å². The molecule has 1 nitrogen and oxygen atoms in total. The van der Waals surface area contributed by atoms with Gasteiger partial charge in [-0.3, -0.25) is 0 Å². The first-order chi connectivity index (χ1) is 5.34. The Labute approximate surface area is 77.0 Å². The zero-order chi connectivity index (χ0) is 9.78. The molecule has 72 valence electrons. The number of allylic oxidation sites excluding steroid dienone is 1. The molecule has 0 aliphatic rings. The zero-order valence-electron chi connectivity index (χ0n) is 8.98. The summed E-state index contributed by atoms with van der Waals surface area (Å²) >= 11 is 0. The molecule has 0 aliphatic carbocycles. The Balaban J connectivity index is 3.58. The number of nitrogens with two attached hydrogens (primary N) is 1. The quantitative estimate of drug-likeness (QED) is 0.629. The highest BCUT2D eigenvalue weighted by atomic mass is 14.7. The second-order valence-electron chi connectivity index (χ2n) is 4.57. The maximum atomic E-state index is 5.97. The highest BCUT2D eigenvalue weighted by Crippen LogP contribution is 2.20. The van der Waals surface area contributed by atoms with Crippen LogP contribution in [0.4, 0.5) is 0 Å². The summed E-state index contributed by atoms with van der Waals surface area (Å²) in [6.07, 6.45) is 3.56.